The third kappa shape index (κ3) is 5.55. The summed E-state index contributed by atoms with van der Waals surface area (Å²) >= 11 is 0. The van der Waals surface area contributed by atoms with E-state index < -0.39 is 48.0 Å². The van der Waals surface area contributed by atoms with Crippen molar-refractivity contribution in [2.75, 3.05) is 11.9 Å². The van der Waals surface area contributed by atoms with Crippen molar-refractivity contribution in [3.63, 3.8) is 0 Å². The van der Waals surface area contributed by atoms with E-state index in [1.54, 1.807) is 24.3 Å². The van der Waals surface area contributed by atoms with Gasteiger partial charge in [-0.3, -0.25) is 24.0 Å². The maximum atomic E-state index is 13.6. The fourth-order valence-corrected chi connectivity index (χ4v) is 5.77. The van der Waals surface area contributed by atoms with Crippen molar-refractivity contribution in [1.29, 1.82) is 0 Å². The van der Waals surface area contributed by atoms with E-state index in [0.717, 1.165) is 56.3 Å². The molecule has 3 N–H and O–H groups in total. The van der Waals surface area contributed by atoms with Gasteiger partial charge in [-0.2, -0.15) is 0 Å². The molecule has 0 bridgehead atoms. The van der Waals surface area contributed by atoms with Crippen LogP contribution < -0.4 is 10.6 Å². The Balaban J connectivity index is 1.63. The van der Waals surface area contributed by atoms with Crippen molar-refractivity contribution < 1.29 is 29.1 Å². The zero-order valence-corrected chi connectivity index (χ0v) is 19.8. The van der Waals surface area contributed by atoms with Crippen molar-refractivity contribution >= 4 is 35.2 Å². The molecule has 35 heavy (non-hydrogen) atoms. The van der Waals surface area contributed by atoms with Gasteiger partial charge in [0.15, 0.2) is 0 Å². The molecule has 9 heteroatoms. The SMILES string of the molecule is O=C(O)CN(C(=O)C(=O)C1C(=O)Nc2ccccc21)C(C(=O)NC1CCCCC1)C1CCCCC1. The number of amides is 3. The number of hydrogen-bond acceptors (Lipinski definition) is 5. The molecule has 1 heterocycles. The van der Waals surface area contributed by atoms with Gasteiger partial charge in [-0.15, -0.1) is 0 Å². The lowest BCUT2D eigenvalue weighted by atomic mass is 9.82. The van der Waals surface area contributed by atoms with Crippen LogP contribution in [0.1, 0.15) is 75.7 Å². The Kier molecular flexibility index (Phi) is 7.83. The number of carboxylic acid groups (broad SMARTS) is 1. The van der Waals surface area contributed by atoms with Crippen molar-refractivity contribution in [3.05, 3.63) is 29.8 Å². The van der Waals surface area contributed by atoms with E-state index in [9.17, 15) is 29.1 Å². The summed E-state index contributed by atoms with van der Waals surface area (Å²) in [6.07, 6.45) is 8.91. The molecule has 2 unspecified atom stereocenters. The van der Waals surface area contributed by atoms with Crippen LogP contribution in [0.5, 0.6) is 0 Å². The highest BCUT2D eigenvalue weighted by atomic mass is 16.4. The smallest absolute Gasteiger partial charge is 0.323 e. The quantitative estimate of drug-likeness (QED) is 0.385. The molecule has 0 radical (unpaired) electrons. The van der Waals surface area contributed by atoms with E-state index in [0.29, 0.717) is 24.1 Å². The highest BCUT2D eigenvalue weighted by molar-refractivity contribution is 6.44. The summed E-state index contributed by atoms with van der Waals surface area (Å²) in [6, 6.07) is 5.53. The largest absolute Gasteiger partial charge is 0.480 e. The summed E-state index contributed by atoms with van der Waals surface area (Å²) < 4.78 is 0. The molecule has 0 spiro atoms. The van der Waals surface area contributed by atoms with Crippen LogP contribution in [0.25, 0.3) is 0 Å². The van der Waals surface area contributed by atoms with E-state index in [1.807, 2.05) is 0 Å². The van der Waals surface area contributed by atoms with Gasteiger partial charge in [0.25, 0.3) is 5.91 Å². The predicted octanol–water partition coefficient (Wildman–Crippen LogP) is 2.60. The maximum Gasteiger partial charge on any atom is 0.323 e. The van der Waals surface area contributed by atoms with Gasteiger partial charge in [0.1, 0.15) is 18.5 Å². The predicted molar refractivity (Wildman–Crippen MR) is 128 cm³/mol. The lowest BCUT2D eigenvalue weighted by Crippen LogP contribution is -2.58. The number of rotatable bonds is 8. The Hall–Kier alpha value is -3.23. The molecule has 2 saturated carbocycles. The molecule has 1 aromatic carbocycles. The van der Waals surface area contributed by atoms with Gasteiger partial charge in [0.05, 0.1) is 0 Å². The number of aliphatic carboxylic acids is 1. The number of fused-ring (bicyclic) bond motifs is 1. The highest BCUT2D eigenvalue weighted by Gasteiger charge is 2.45. The molecule has 3 aliphatic rings. The third-order valence-corrected chi connectivity index (χ3v) is 7.48. The Morgan fingerprint density at radius 2 is 1.60 bits per heavy atom. The molecule has 2 atom stereocenters. The van der Waals surface area contributed by atoms with Crippen LogP contribution >= 0.6 is 0 Å². The normalized spacial score (nSPS) is 21.5. The van der Waals surface area contributed by atoms with Crippen molar-refractivity contribution in [2.45, 2.75) is 82.2 Å². The average Bonchev–Trinajstić information content (AvgIpc) is 3.19. The van der Waals surface area contributed by atoms with Crippen LogP contribution in [0.3, 0.4) is 0 Å². The first-order valence-electron chi connectivity index (χ1n) is 12.6. The lowest BCUT2D eigenvalue weighted by Gasteiger charge is -2.38. The first-order valence-corrected chi connectivity index (χ1v) is 12.6. The minimum atomic E-state index is -1.36. The molecule has 2 fully saturated rings. The molecular formula is C26H33N3O6. The molecule has 0 aromatic heterocycles. The van der Waals surface area contributed by atoms with E-state index >= 15 is 0 Å². The monoisotopic (exact) mass is 483 g/mol. The third-order valence-electron chi connectivity index (χ3n) is 7.48. The minimum absolute atomic E-state index is 0.0210. The Morgan fingerprint density at radius 3 is 2.26 bits per heavy atom. The van der Waals surface area contributed by atoms with E-state index in [-0.39, 0.29) is 12.0 Å². The van der Waals surface area contributed by atoms with Gasteiger partial charge in [-0.05, 0) is 43.2 Å². The number of nitrogens with zero attached hydrogens (tertiary/aromatic N) is 1. The topological polar surface area (TPSA) is 133 Å². The first kappa shape index (κ1) is 24.9. The van der Waals surface area contributed by atoms with Crippen molar-refractivity contribution in [3.8, 4) is 0 Å². The second-order valence-electron chi connectivity index (χ2n) is 9.89. The lowest BCUT2D eigenvalue weighted by molar-refractivity contribution is -0.155. The number of carbonyl (C=O) groups excluding carboxylic acids is 4. The van der Waals surface area contributed by atoms with Crippen LogP contribution in [0.2, 0.25) is 0 Å². The summed E-state index contributed by atoms with van der Waals surface area (Å²) in [7, 11) is 0. The van der Waals surface area contributed by atoms with Crippen LogP contribution in [0.15, 0.2) is 24.3 Å². The van der Waals surface area contributed by atoms with Gasteiger partial charge in [-0.25, -0.2) is 0 Å². The Labute approximate surface area is 204 Å². The van der Waals surface area contributed by atoms with E-state index in [4.69, 9.17) is 0 Å². The number of benzene rings is 1. The number of Topliss-reactive ketones (excluding diaryl/α,β-unsaturated/α-hetero) is 1. The Bertz CT molecular complexity index is 997. The molecule has 3 amide bonds. The second kappa shape index (κ2) is 11.0. The van der Waals surface area contributed by atoms with E-state index in [1.165, 1.54) is 0 Å². The second-order valence-corrected chi connectivity index (χ2v) is 9.89. The first-order chi connectivity index (χ1) is 16.9. The van der Waals surface area contributed by atoms with Gasteiger partial charge in [-0.1, -0.05) is 56.7 Å². The summed E-state index contributed by atoms with van der Waals surface area (Å²) in [5.41, 5.74) is 0.833. The number of carboxylic acids is 1. The minimum Gasteiger partial charge on any atom is -0.480 e. The zero-order chi connectivity index (χ0) is 24.9. The van der Waals surface area contributed by atoms with Crippen LogP contribution in [-0.2, 0) is 24.0 Å². The summed E-state index contributed by atoms with van der Waals surface area (Å²) in [4.78, 5) is 65.8. The molecular weight excluding hydrogens is 450 g/mol. The molecule has 4 rings (SSSR count). The number of anilines is 1. The maximum absolute atomic E-state index is 13.6. The molecule has 1 aromatic rings. The number of carbonyl (C=O) groups is 5. The number of hydrogen-bond donors (Lipinski definition) is 3. The van der Waals surface area contributed by atoms with Gasteiger partial charge in [0, 0.05) is 11.7 Å². The number of para-hydroxylation sites is 1. The molecule has 2 aliphatic carbocycles. The van der Waals surface area contributed by atoms with Crippen molar-refractivity contribution in [2.24, 2.45) is 5.92 Å². The standard InChI is InChI=1S/C26H33N3O6/c30-20(31)15-29(26(35)23(32)21-18-13-7-8-14-19(18)28-24(21)33)22(16-9-3-1-4-10-16)25(34)27-17-11-5-2-6-12-17/h7-8,13-14,16-17,21-22H,1-6,9-12,15H2,(H,27,34)(H,28,33)(H,30,31). The van der Waals surface area contributed by atoms with E-state index in [2.05, 4.69) is 10.6 Å². The average molecular weight is 484 g/mol. The number of ketones is 1. The number of nitrogens with one attached hydrogen (secondary N) is 2. The van der Waals surface area contributed by atoms with Crippen molar-refractivity contribution in [1.82, 2.24) is 10.2 Å². The molecule has 9 nitrogen and oxygen atoms in total. The summed E-state index contributed by atoms with van der Waals surface area (Å²) in [5.74, 6) is -6.05. The molecule has 188 valence electrons. The van der Waals surface area contributed by atoms with Gasteiger partial charge in [0.2, 0.25) is 17.6 Å². The zero-order valence-electron chi connectivity index (χ0n) is 19.8. The summed E-state index contributed by atoms with van der Waals surface area (Å²) in [5, 5.41) is 15.3. The summed E-state index contributed by atoms with van der Waals surface area (Å²) in [6.45, 7) is -0.778. The van der Waals surface area contributed by atoms with Gasteiger partial charge >= 0.3 is 5.97 Å². The molecule has 1 aliphatic heterocycles. The van der Waals surface area contributed by atoms with Crippen LogP contribution in [-0.4, -0.2) is 58.1 Å². The highest BCUT2D eigenvalue weighted by Crippen LogP contribution is 2.35. The van der Waals surface area contributed by atoms with Crippen LogP contribution in [0.4, 0.5) is 5.69 Å². The van der Waals surface area contributed by atoms with Crippen LogP contribution in [0, 0.1) is 5.92 Å². The molecule has 0 saturated heterocycles. The fourth-order valence-electron chi connectivity index (χ4n) is 5.77. The fraction of sp³-hybridized carbons (Fsp3) is 0.577. The van der Waals surface area contributed by atoms with Gasteiger partial charge < -0.3 is 20.6 Å². The Morgan fingerprint density at radius 1 is 0.971 bits per heavy atom.